The zero-order valence-corrected chi connectivity index (χ0v) is 15.6. The third-order valence-corrected chi connectivity index (χ3v) is 8.86. The van der Waals surface area contributed by atoms with Crippen molar-refractivity contribution < 1.29 is 33.3 Å². The molecule has 0 spiro atoms. The Kier molecular flexibility index (Phi) is 7.17. The van der Waals surface area contributed by atoms with Crippen LogP contribution < -0.4 is 0 Å². The second-order valence-electron chi connectivity index (χ2n) is 5.37. The number of esters is 3. The number of hydrogen-bond donors (Lipinski definition) is 0. The van der Waals surface area contributed by atoms with Crippen LogP contribution in [0.3, 0.4) is 0 Å². The summed E-state index contributed by atoms with van der Waals surface area (Å²) in [6.07, 6.45) is -1.33. The summed E-state index contributed by atoms with van der Waals surface area (Å²) in [5.74, 6) is -2.27. The number of carbonyl (C=O) groups excluding carboxylic acids is 3. The Morgan fingerprint density at radius 2 is 1.52 bits per heavy atom. The van der Waals surface area contributed by atoms with Crippen molar-refractivity contribution in [2.24, 2.45) is 0 Å². The molecule has 0 aliphatic carbocycles. The van der Waals surface area contributed by atoms with Gasteiger partial charge in [0.25, 0.3) is 0 Å². The maximum absolute atomic E-state index is 11.5. The van der Waals surface area contributed by atoms with Crippen LogP contribution >= 0.6 is 6.04 Å². The molecule has 0 aromatic carbocycles. The summed E-state index contributed by atoms with van der Waals surface area (Å²) in [6, 6.07) is -2.28. The summed E-state index contributed by atoms with van der Waals surface area (Å²) < 4.78 is 21.5. The van der Waals surface area contributed by atoms with Crippen molar-refractivity contribution in [2.45, 2.75) is 51.9 Å². The molecule has 23 heavy (non-hydrogen) atoms. The molecule has 0 N–H and O–H groups in total. The summed E-state index contributed by atoms with van der Waals surface area (Å²) in [5, 5.41) is 0. The molecule has 0 aromatic rings. The molecule has 1 heterocycles. The molecule has 0 radical (unpaired) electrons. The number of carbonyl (C=O) groups is 3. The van der Waals surface area contributed by atoms with Crippen LogP contribution in [0.25, 0.3) is 0 Å². The van der Waals surface area contributed by atoms with Crippen LogP contribution in [-0.4, -0.2) is 61.5 Å². The van der Waals surface area contributed by atoms with Crippen molar-refractivity contribution in [1.82, 2.24) is 0 Å². The molecule has 0 aromatic heterocycles. The van der Waals surface area contributed by atoms with Gasteiger partial charge in [-0.25, -0.2) is 0 Å². The zero-order valence-electron chi connectivity index (χ0n) is 13.9. The van der Waals surface area contributed by atoms with E-state index in [9.17, 15) is 14.4 Å². The van der Waals surface area contributed by atoms with Crippen molar-refractivity contribution in [3.8, 4) is 0 Å². The zero-order chi connectivity index (χ0) is 17.8. The first-order valence-electron chi connectivity index (χ1n) is 7.26. The van der Waals surface area contributed by atoms with Gasteiger partial charge >= 0.3 is 17.9 Å². The fraction of sp³-hybridized carbons (Fsp3) is 0.786. The predicted molar refractivity (Wildman–Crippen MR) is 87.2 cm³/mol. The molecule has 1 saturated heterocycles. The smallest absolute Gasteiger partial charge is 0.303 e. The van der Waals surface area contributed by atoms with E-state index in [4.69, 9.17) is 30.8 Å². The minimum Gasteiger partial charge on any atom is -0.459 e. The van der Waals surface area contributed by atoms with Gasteiger partial charge in [0.15, 0.2) is 11.9 Å². The largest absolute Gasteiger partial charge is 0.459 e. The molecule has 9 heteroatoms. The number of rotatable bonds is 5. The predicted octanol–water partition coefficient (Wildman–Crippen LogP) is 1.27. The monoisotopic (exact) mass is 366 g/mol. The van der Waals surface area contributed by atoms with E-state index >= 15 is 0 Å². The van der Waals surface area contributed by atoms with Crippen molar-refractivity contribution in [3.05, 3.63) is 0 Å². The van der Waals surface area contributed by atoms with Gasteiger partial charge in [0.1, 0.15) is 12.2 Å². The quantitative estimate of drug-likeness (QED) is 0.408. The summed E-state index contributed by atoms with van der Waals surface area (Å²) in [6.45, 7) is 5.71. The molecule has 0 bridgehead atoms. The maximum Gasteiger partial charge on any atom is 0.303 e. The molecule has 1 aliphatic rings. The van der Waals surface area contributed by atoms with E-state index in [1.165, 1.54) is 27.9 Å². The second-order valence-corrected chi connectivity index (χ2v) is 11.0. The number of hydrogen-bond acceptors (Lipinski definition) is 8. The molecule has 0 amide bonds. The first-order valence-corrected chi connectivity index (χ1v) is 10.5. The Hall–Kier alpha value is -0.980. The van der Waals surface area contributed by atoms with Crippen molar-refractivity contribution in [2.75, 3.05) is 19.4 Å². The van der Waals surface area contributed by atoms with Crippen LogP contribution in [0.4, 0.5) is 0 Å². The van der Waals surface area contributed by atoms with E-state index in [1.807, 2.05) is 6.92 Å². The van der Waals surface area contributed by atoms with Gasteiger partial charge in [-0.2, -0.15) is 0 Å². The number of methoxy groups -OCH3 is 1. The highest BCUT2D eigenvalue weighted by atomic mass is 32.4. The van der Waals surface area contributed by atoms with Gasteiger partial charge in [0.2, 0.25) is 0 Å². The van der Waals surface area contributed by atoms with Crippen LogP contribution in [0.1, 0.15) is 27.7 Å². The highest BCUT2D eigenvalue weighted by Gasteiger charge is 2.53. The van der Waals surface area contributed by atoms with E-state index < -0.39 is 48.1 Å². The minimum atomic E-state index is -2.28. The van der Waals surface area contributed by atoms with Gasteiger partial charge in [-0.05, 0) is 6.16 Å². The van der Waals surface area contributed by atoms with Gasteiger partial charge in [0, 0.05) is 40.1 Å². The summed E-state index contributed by atoms with van der Waals surface area (Å²) in [4.78, 5) is 34.3. The van der Waals surface area contributed by atoms with E-state index in [0.717, 1.165) is 0 Å². The summed E-state index contributed by atoms with van der Waals surface area (Å²) in [7, 11) is 1.42. The minimum absolute atomic E-state index is 0.368. The lowest BCUT2D eigenvalue weighted by atomic mass is 10.1. The maximum atomic E-state index is 11.5. The highest BCUT2D eigenvalue weighted by Crippen LogP contribution is 2.58. The van der Waals surface area contributed by atoms with E-state index in [1.54, 1.807) is 0 Å². The summed E-state index contributed by atoms with van der Waals surface area (Å²) >= 11 is 5.75. The van der Waals surface area contributed by atoms with E-state index in [-0.39, 0.29) is 0 Å². The molecule has 0 saturated carbocycles. The van der Waals surface area contributed by atoms with Crippen molar-refractivity contribution in [3.63, 3.8) is 0 Å². The second kappa shape index (κ2) is 8.22. The molecule has 0 unspecified atom stereocenters. The summed E-state index contributed by atoms with van der Waals surface area (Å²) in [5.41, 5.74) is 0. The lowest BCUT2D eigenvalue weighted by Crippen LogP contribution is -2.56. The molecular formula is C14H23O7PS. The van der Waals surface area contributed by atoms with Gasteiger partial charge < -0.3 is 18.9 Å². The molecule has 1 aliphatic heterocycles. The third-order valence-electron chi connectivity index (χ3n) is 3.64. The Bertz CT molecular complexity index is 521. The van der Waals surface area contributed by atoms with Crippen LogP contribution in [0.15, 0.2) is 0 Å². The van der Waals surface area contributed by atoms with Crippen LogP contribution in [0.5, 0.6) is 0 Å². The third kappa shape index (κ3) is 4.99. The topological polar surface area (TPSA) is 88.1 Å². The molecular weight excluding hydrogens is 343 g/mol. The normalized spacial score (nSPS) is 33.6. The Morgan fingerprint density at radius 3 is 1.91 bits per heavy atom. The molecule has 5 atom stereocenters. The lowest BCUT2D eigenvalue weighted by Gasteiger charge is -2.45. The Morgan fingerprint density at radius 1 is 1.00 bits per heavy atom. The van der Waals surface area contributed by atoms with Crippen molar-refractivity contribution >= 4 is 35.8 Å². The van der Waals surface area contributed by atoms with E-state index in [0.29, 0.717) is 12.3 Å². The average molecular weight is 366 g/mol. The Labute approximate surface area is 141 Å². The van der Waals surface area contributed by atoms with Gasteiger partial charge in [-0.3, -0.25) is 14.4 Å². The Balaban J connectivity index is 3.28. The van der Waals surface area contributed by atoms with E-state index in [2.05, 4.69) is 0 Å². The molecule has 132 valence electrons. The standard InChI is InChI=1S/C14H23O7PS/c1-6-22(23)7-11(19-8(2)15)12(18-5)13(20-9(3)16)14(22)21-10(4)17/h11-14H,6-7H2,1-5H3/t11-,12+,13-,14+,22-/m1/s1. The van der Waals surface area contributed by atoms with Gasteiger partial charge in [0.05, 0.1) is 0 Å². The first-order chi connectivity index (χ1) is 10.6. The van der Waals surface area contributed by atoms with Crippen LogP contribution in [0, 0.1) is 0 Å². The highest BCUT2D eigenvalue weighted by molar-refractivity contribution is 8.15. The van der Waals surface area contributed by atoms with Crippen LogP contribution in [0.2, 0.25) is 0 Å². The number of ether oxygens (including phenoxy) is 4. The van der Waals surface area contributed by atoms with Gasteiger partial charge in [-0.1, -0.05) is 18.7 Å². The average Bonchev–Trinajstić information content (AvgIpc) is 2.42. The fourth-order valence-corrected chi connectivity index (χ4v) is 6.47. The van der Waals surface area contributed by atoms with Gasteiger partial charge in [-0.15, -0.1) is 0 Å². The molecule has 1 rings (SSSR count). The first kappa shape index (κ1) is 20.1. The fourth-order valence-electron chi connectivity index (χ4n) is 2.72. The SMILES string of the molecule is CC[P@@]1(=S)C[C@@H](OC(C)=O)[C@H](OC)[C@@H](OC(C)=O)[C@H]1OC(C)=O. The molecule has 1 fully saturated rings. The molecule has 7 nitrogen and oxygen atoms in total. The lowest BCUT2D eigenvalue weighted by molar-refractivity contribution is -0.184. The van der Waals surface area contributed by atoms with Crippen molar-refractivity contribution in [1.29, 1.82) is 0 Å². The van der Waals surface area contributed by atoms with Crippen LogP contribution in [-0.2, 0) is 45.1 Å².